The van der Waals surface area contributed by atoms with E-state index in [4.69, 9.17) is 32.7 Å². The summed E-state index contributed by atoms with van der Waals surface area (Å²) in [6.45, 7) is 4.23. The number of benzene rings is 2. The Bertz CT molecular complexity index is 1230. The number of methoxy groups -OCH3 is 1. The number of hydrogen-bond donors (Lipinski definition) is 0. The number of nitrogens with zero attached hydrogens (tertiary/aromatic N) is 2. The molecule has 1 saturated heterocycles. The lowest BCUT2D eigenvalue weighted by molar-refractivity contribution is -0.190. The van der Waals surface area contributed by atoms with Crippen LogP contribution in [-0.2, 0) is 26.2 Å². The molecule has 0 N–H and O–H groups in total. The minimum Gasteiger partial charge on any atom is -0.497 e. The number of fused-ring (bicyclic) bond motifs is 1. The summed E-state index contributed by atoms with van der Waals surface area (Å²) in [6, 6.07) is 13.5. The largest absolute Gasteiger partial charge is 0.497 e. The lowest BCUT2D eigenvalue weighted by Crippen LogP contribution is -2.68. The minimum absolute atomic E-state index is 0.00476. The maximum Gasteiger partial charge on any atom is 0.303 e. The zero-order valence-electron chi connectivity index (χ0n) is 23.1. The Morgan fingerprint density at radius 2 is 1.87 bits per heavy atom. The molecule has 1 heterocycles. The van der Waals surface area contributed by atoms with Crippen molar-refractivity contribution in [2.75, 3.05) is 33.8 Å². The average molecular weight is 574 g/mol. The van der Waals surface area contributed by atoms with Crippen LogP contribution in [0.1, 0.15) is 56.6 Å². The van der Waals surface area contributed by atoms with Gasteiger partial charge < -0.3 is 14.4 Å². The summed E-state index contributed by atoms with van der Waals surface area (Å²) >= 11 is 12.3. The van der Waals surface area contributed by atoms with Crippen molar-refractivity contribution < 1.29 is 19.1 Å². The molecule has 39 heavy (non-hydrogen) atoms. The van der Waals surface area contributed by atoms with E-state index in [1.165, 1.54) is 19.8 Å². The number of halogens is 2. The number of ether oxygens (including phenoxy) is 2. The van der Waals surface area contributed by atoms with Gasteiger partial charge in [0.05, 0.1) is 23.6 Å². The van der Waals surface area contributed by atoms with Gasteiger partial charge in [-0.3, -0.25) is 14.5 Å². The highest BCUT2D eigenvalue weighted by atomic mass is 35.5. The molecule has 1 aliphatic heterocycles. The van der Waals surface area contributed by atoms with Crippen LogP contribution in [0.15, 0.2) is 42.5 Å². The topological polar surface area (TPSA) is 59.1 Å². The molecule has 3 fully saturated rings. The molecule has 0 aromatic heterocycles. The van der Waals surface area contributed by atoms with Crippen LogP contribution in [0.25, 0.3) is 0 Å². The number of hydrogen-bond acceptors (Lipinski definition) is 5. The predicted molar refractivity (Wildman–Crippen MR) is 154 cm³/mol. The molecule has 0 bridgehead atoms. The minimum atomic E-state index is -0.664. The van der Waals surface area contributed by atoms with E-state index in [1.54, 1.807) is 19.2 Å². The quantitative estimate of drug-likeness (QED) is 0.368. The molecule has 2 aliphatic carbocycles. The van der Waals surface area contributed by atoms with Crippen molar-refractivity contribution in [3.05, 3.63) is 63.6 Å². The van der Waals surface area contributed by atoms with Gasteiger partial charge in [-0.2, -0.15) is 0 Å². The summed E-state index contributed by atoms with van der Waals surface area (Å²) in [6.07, 6.45) is 5.85. The third-order valence-corrected chi connectivity index (χ3v) is 9.87. The summed E-state index contributed by atoms with van der Waals surface area (Å²) in [5.41, 5.74) is 0.850. The van der Waals surface area contributed by atoms with E-state index < -0.39 is 11.0 Å². The number of rotatable bonds is 8. The summed E-state index contributed by atoms with van der Waals surface area (Å²) in [5, 5.41) is 0.923. The molecule has 3 atom stereocenters. The van der Waals surface area contributed by atoms with Crippen molar-refractivity contribution in [2.45, 2.75) is 68.9 Å². The van der Waals surface area contributed by atoms with Crippen molar-refractivity contribution in [3.63, 3.8) is 0 Å². The molecule has 5 rings (SSSR count). The van der Waals surface area contributed by atoms with Gasteiger partial charge in [-0.25, -0.2) is 0 Å². The first-order chi connectivity index (χ1) is 18.6. The number of carbonyl (C=O) groups is 2. The third-order valence-electron chi connectivity index (χ3n) is 9.13. The molecule has 6 nitrogen and oxygen atoms in total. The van der Waals surface area contributed by atoms with Crippen LogP contribution >= 0.6 is 23.2 Å². The van der Waals surface area contributed by atoms with Crippen LogP contribution in [0.4, 0.5) is 0 Å². The number of amides is 1. The highest BCUT2D eigenvalue weighted by Gasteiger charge is 2.61. The molecular weight excluding hydrogens is 535 g/mol. The molecule has 2 aromatic carbocycles. The number of esters is 1. The highest BCUT2D eigenvalue weighted by molar-refractivity contribution is 6.42. The van der Waals surface area contributed by atoms with E-state index in [2.05, 4.69) is 17.0 Å². The lowest BCUT2D eigenvalue weighted by Gasteiger charge is -2.60. The Labute approximate surface area is 241 Å². The summed E-state index contributed by atoms with van der Waals surface area (Å²) in [5.74, 6) is 1.32. The molecule has 0 unspecified atom stereocenters. The number of likely N-dealkylation sites (tertiary alicyclic amines) is 1. The zero-order valence-corrected chi connectivity index (χ0v) is 24.6. The maximum atomic E-state index is 13.5. The van der Waals surface area contributed by atoms with Gasteiger partial charge in [0.2, 0.25) is 5.91 Å². The number of likely N-dealkylation sites (N-methyl/N-ethyl adjacent to an activating group) is 1. The van der Waals surface area contributed by atoms with E-state index in [0.29, 0.717) is 29.4 Å². The summed E-state index contributed by atoms with van der Waals surface area (Å²) in [4.78, 5) is 30.5. The standard InChI is InChI=1S/C31H38Cl2N2O4/c1-21(36)39-31-12-11-25(34(2)29(37)16-23-9-10-27(32)28(33)15-23)18-30(31,24-5-4-6-26(17-24)38-3)13-14-35(20-31)19-22-7-8-22/h4-6,9-10,15,17,22,25H,7-8,11-14,16,18-20H2,1-3H3/t25-,30-,31-/m0/s1. The monoisotopic (exact) mass is 572 g/mol. The van der Waals surface area contributed by atoms with Gasteiger partial charge in [0.25, 0.3) is 0 Å². The van der Waals surface area contributed by atoms with E-state index >= 15 is 0 Å². The van der Waals surface area contributed by atoms with E-state index in [1.807, 2.05) is 30.1 Å². The van der Waals surface area contributed by atoms with Crippen LogP contribution in [0.3, 0.4) is 0 Å². The molecule has 1 amide bonds. The van der Waals surface area contributed by atoms with Crippen LogP contribution in [-0.4, -0.2) is 67.1 Å². The zero-order chi connectivity index (χ0) is 27.8. The van der Waals surface area contributed by atoms with Gasteiger partial charge in [0.15, 0.2) is 0 Å². The van der Waals surface area contributed by atoms with Crippen molar-refractivity contribution in [3.8, 4) is 5.75 Å². The molecule has 2 aromatic rings. The molecule has 8 heteroatoms. The van der Waals surface area contributed by atoms with E-state index in [9.17, 15) is 9.59 Å². The molecular formula is C31H38Cl2N2O4. The van der Waals surface area contributed by atoms with Crippen LogP contribution in [0, 0.1) is 5.92 Å². The maximum absolute atomic E-state index is 13.5. The molecule has 0 spiro atoms. The SMILES string of the molecule is COc1cccc([C@@]23CCN(CC4CC4)C[C@@]2(OC(C)=O)CC[C@H](N(C)C(=O)Cc2ccc(Cl)c(Cl)c2)C3)c1. The molecule has 2 saturated carbocycles. The van der Waals surface area contributed by atoms with Crippen molar-refractivity contribution in [1.82, 2.24) is 9.80 Å². The van der Waals surface area contributed by atoms with Gasteiger partial charge in [0, 0.05) is 38.5 Å². The van der Waals surface area contributed by atoms with Gasteiger partial charge in [0.1, 0.15) is 11.4 Å². The first kappa shape index (κ1) is 28.3. The number of piperidine rings is 1. The second-order valence-corrected chi connectivity index (χ2v) is 12.5. The molecule has 210 valence electrons. The van der Waals surface area contributed by atoms with Crippen LogP contribution in [0.2, 0.25) is 10.0 Å². The Balaban J connectivity index is 1.47. The predicted octanol–water partition coefficient (Wildman–Crippen LogP) is 5.91. The second-order valence-electron chi connectivity index (χ2n) is 11.7. The molecule has 0 radical (unpaired) electrons. The first-order valence-corrected chi connectivity index (χ1v) is 14.7. The van der Waals surface area contributed by atoms with Gasteiger partial charge in [-0.1, -0.05) is 41.4 Å². The van der Waals surface area contributed by atoms with Crippen LogP contribution in [0.5, 0.6) is 5.75 Å². The Hall–Kier alpha value is -2.28. The van der Waals surface area contributed by atoms with Gasteiger partial charge in [-0.05, 0) is 86.4 Å². The van der Waals surface area contributed by atoms with E-state index in [-0.39, 0.29) is 24.3 Å². The van der Waals surface area contributed by atoms with Gasteiger partial charge in [-0.15, -0.1) is 0 Å². The van der Waals surface area contributed by atoms with E-state index in [0.717, 1.165) is 48.7 Å². The Morgan fingerprint density at radius 3 is 2.56 bits per heavy atom. The highest BCUT2D eigenvalue weighted by Crippen LogP contribution is 2.55. The number of carbonyl (C=O) groups excluding carboxylic acids is 2. The average Bonchev–Trinajstić information content (AvgIpc) is 3.73. The normalized spacial score (nSPS) is 26.9. The first-order valence-electron chi connectivity index (χ1n) is 13.9. The molecule has 3 aliphatic rings. The third kappa shape index (κ3) is 5.79. The Kier molecular flexibility index (Phi) is 8.19. The Morgan fingerprint density at radius 1 is 1.08 bits per heavy atom. The second kappa shape index (κ2) is 11.3. The lowest BCUT2D eigenvalue weighted by atomic mass is 9.55. The smallest absolute Gasteiger partial charge is 0.303 e. The van der Waals surface area contributed by atoms with Crippen molar-refractivity contribution in [2.24, 2.45) is 5.92 Å². The summed E-state index contributed by atoms with van der Waals surface area (Å²) in [7, 11) is 3.57. The fourth-order valence-electron chi connectivity index (χ4n) is 6.89. The fourth-order valence-corrected chi connectivity index (χ4v) is 7.21. The van der Waals surface area contributed by atoms with Crippen molar-refractivity contribution in [1.29, 1.82) is 0 Å². The van der Waals surface area contributed by atoms with Crippen LogP contribution < -0.4 is 4.74 Å². The van der Waals surface area contributed by atoms with Gasteiger partial charge >= 0.3 is 5.97 Å². The fraction of sp³-hybridized carbons (Fsp3) is 0.548. The summed E-state index contributed by atoms with van der Waals surface area (Å²) < 4.78 is 12.0. The van der Waals surface area contributed by atoms with Crippen molar-refractivity contribution >= 4 is 35.1 Å².